The molecule has 0 saturated heterocycles. The van der Waals surface area contributed by atoms with Gasteiger partial charge >= 0.3 is 0 Å². The van der Waals surface area contributed by atoms with Crippen LogP contribution in [0.25, 0.3) is 0 Å². The number of nitrogens with zero attached hydrogens (tertiary/aromatic N) is 1. The van der Waals surface area contributed by atoms with Gasteiger partial charge in [-0.1, -0.05) is 17.7 Å². The van der Waals surface area contributed by atoms with Crippen LogP contribution in [-0.4, -0.2) is 19.2 Å². The van der Waals surface area contributed by atoms with Crippen LogP contribution in [0.2, 0.25) is 5.15 Å². The summed E-state index contributed by atoms with van der Waals surface area (Å²) in [6.45, 7) is 2.59. The molecule has 5 heteroatoms. The first kappa shape index (κ1) is 14.5. The molecule has 0 aliphatic heterocycles. The summed E-state index contributed by atoms with van der Waals surface area (Å²) < 4.78 is 10.5. The molecule has 0 aliphatic carbocycles. The Hall–Kier alpha value is -1.94. The minimum absolute atomic E-state index is 0.499. The molecule has 0 unspecified atom stereocenters. The van der Waals surface area contributed by atoms with E-state index < -0.39 is 0 Å². The number of anilines is 1. The summed E-state index contributed by atoms with van der Waals surface area (Å²) in [6, 6.07) is 9.53. The van der Waals surface area contributed by atoms with Crippen LogP contribution in [0.4, 0.5) is 5.69 Å². The third-order valence-corrected chi connectivity index (χ3v) is 3.19. The van der Waals surface area contributed by atoms with Crippen molar-refractivity contribution in [2.45, 2.75) is 13.5 Å². The zero-order valence-corrected chi connectivity index (χ0v) is 12.5. The highest BCUT2D eigenvalue weighted by Crippen LogP contribution is 2.28. The zero-order valence-electron chi connectivity index (χ0n) is 11.7. The average Bonchev–Trinajstić information content (AvgIpc) is 2.46. The van der Waals surface area contributed by atoms with Crippen molar-refractivity contribution in [1.29, 1.82) is 0 Å². The van der Waals surface area contributed by atoms with E-state index in [1.54, 1.807) is 20.3 Å². The van der Waals surface area contributed by atoms with Gasteiger partial charge in [0.05, 0.1) is 25.6 Å². The maximum Gasteiger partial charge on any atom is 0.161 e. The van der Waals surface area contributed by atoms with Crippen LogP contribution in [0.5, 0.6) is 11.5 Å². The lowest BCUT2D eigenvalue weighted by Crippen LogP contribution is -2.02. The van der Waals surface area contributed by atoms with Crippen molar-refractivity contribution in [2.24, 2.45) is 0 Å². The number of aryl methyl sites for hydroxylation is 1. The Balaban J connectivity index is 2.10. The quantitative estimate of drug-likeness (QED) is 0.854. The van der Waals surface area contributed by atoms with Crippen LogP contribution in [0.15, 0.2) is 30.3 Å². The highest BCUT2D eigenvalue weighted by molar-refractivity contribution is 6.29. The maximum absolute atomic E-state index is 5.84. The van der Waals surface area contributed by atoms with E-state index in [9.17, 15) is 0 Å². The molecule has 0 amide bonds. The fourth-order valence-electron chi connectivity index (χ4n) is 1.91. The van der Waals surface area contributed by atoms with Crippen molar-refractivity contribution < 1.29 is 9.47 Å². The lowest BCUT2D eigenvalue weighted by atomic mass is 10.2. The van der Waals surface area contributed by atoms with Crippen molar-refractivity contribution in [3.8, 4) is 11.5 Å². The molecule has 0 atom stereocenters. The molecule has 4 nitrogen and oxygen atoms in total. The molecule has 0 spiro atoms. The highest BCUT2D eigenvalue weighted by atomic mass is 35.5. The van der Waals surface area contributed by atoms with Crippen molar-refractivity contribution in [3.05, 3.63) is 46.7 Å². The van der Waals surface area contributed by atoms with E-state index in [-0.39, 0.29) is 0 Å². The topological polar surface area (TPSA) is 43.4 Å². The number of pyridine rings is 1. The fourth-order valence-corrected chi connectivity index (χ4v) is 2.09. The predicted octanol–water partition coefficient (Wildman–Crippen LogP) is 3.67. The number of nitrogens with one attached hydrogen (secondary N) is 1. The molecule has 0 aliphatic rings. The third kappa shape index (κ3) is 3.33. The van der Waals surface area contributed by atoms with Crippen LogP contribution < -0.4 is 14.8 Å². The molecule has 1 N–H and O–H groups in total. The van der Waals surface area contributed by atoms with E-state index in [1.165, 1.54) is 0 Å². The number of hydrogen-bond acceptors (Lipinski definition) is 4. The number of rotatable bonds is 5. The standard InChI is InChI=1S/C15H17ClN2O2/c1-10-12(5-7-15(16)18-10)17-9-11-4-6-13(19-2)14(8-11)20-3/h4-8,17H,9H2,1-3H3. The number of halogens is 1. The largest absolute Gasteiger partial charge is 0.493 e. The smallest absolute Gasteiger partial charge is 0.161 e. The lowest BCUT2D eigenvalue weighted by Gasteiger charge is -2.12. The second-order valence-corrected chi connectivity index (χ2v) is 4.70. The summed E-state index contributed by atoms with van der Waals surface area (Å²) in [6.07, 6.45) is 0. The SMILES string of the molecule is COc1ccc(CNc2ccc(Cl)nc2C)cc1OC. The summed E-state index contributed by atoms with van der Waals surface area (Å²) in [5.74, 6) is 1.44. The van der Waals surface area contributed by atoms with E-state index in [1.807, 2.05) is 31.2 Å². The molecular formula is C15H17ClN2O2. The molecule has 2 aromatic rings. The summed E-state index contributed by atoms with van der Waals surface area (Å²) in [4.78, 5) is 4.21. The zero-order chi connectivity index (χ0) is 14.5. The van der Waals surface area contributed by atoms with Crippen molar-refractivity contribution >= 4 is 17.3 Å². The fraction of sp³-hybridized carbons (Fsp3) is 0.267. The third-order valence-electron chi connectivity index (χ3n) is 2.98. The maximum atomic E-state index is 5.84. The van der Waals surface area contributed by atoms with Gasteiger partial charge in [-0.25, -0.2) is 4.98 Å². The molecule has 106 valence electrons. The molecule has 1 aromatic carbocycles. The van der Waals surface area contributed by atoms with E-state index in [4.69, 9.17) is 21.1 Å². The van der Waals surface area contributed by atoms with Gasteiger partial charge in [0, 0.05) is 6.54 Å². The van der Waals surface area contributed by atoms with Gasteiger partial charge < -0.3 is 14.8 Å². The lowest BCUT2D eigenvalue weighted by molar-refractivity contribution is 0.354. The molecule has 1 aromatic heterocycles. The number of ether oxygens (including phenoxy) is 2. The number of aromatic nitrogens is 1. The van der Waals surface area contributed by atoms with Gasteiger partial charge in [-0.05, 0) is 36.8 Å². The van der Waals surface area contributed by atoms with Gasteiger partial charge in [0.25, 0.3) is 0 Å². The molecule has 0 bridgehead atoms. The minimum Gasteiger partial charge on any atom is -0.493 e. The molecule has 0 fully saturated rings. The Morgan fingerprint density at radius 1 is 1.10 bits per heavy atom. The molecular weight excluding hydrogens is 276 g/mol. The van der Waals surface area contributed by atoms with Crippen LogP contribution in [0, 0.1) is 6.92 Å². The van der Waals surface area contributed by atoms with Gasteiger partial charge in [-0.2, -0.15) is 0 Å². The van der Waals surface area contributed by atoms with Crippen LogP contribution in [0.3, 0.4) is 0 Å². The second-order valence-electron chi connectivity index (χ2n) is 4.31. The Morgan fingerprint density at radius 3 is 2.50 bits per heavy atom. The van der Waals surface area contributed by atoms with Gasteiger partial charge in [-0.3, -0.25) is 0 Å². The minimum atomic E-state index is 0.499. The summed E-state index contributed by atoms with van der Waals surface area (Å²) in [7, 11) is 3.25. The van der Waals surface area contributed by atoms with E-state index in [0.29, 0.717) is 11.7 Å². The number of hydrogen-bond donors (Lipinski definition) is 1. The normalized spacial score (nSPS) is 10.2. The molecule has 20 heavy (non-hydrogen) atoms. The monoisotopic (exact) mass is 292 g/mol. The van der Waals surface area contributed by atoms with Crippen LogP contribution in [-0.2, 0) is 6.54 Å². The Kier molecular flexibility index (Phi) is 4.69. The van der Waals surface area contributed by atoms with Crippen molar-refractivity contribution in [3.63, 3.8) is 0 Å². The van der Waals surface area contributed by atoms with Gasteiger partial charge in [0.2, 0.25) is 0 Å². The molecule has 0 saturated carbocycles. The van der Waals surface area contributed by atoms with E-state index in [2.05, 4.69) is 10.3 Å². The Bertz CT molecular complexity index is 602. The van der Waals surface area contributed by atoms with Crippen molar-refractivity contribution in [2.75, 3.05) is 19.5 Å². The number of methoxy groups -OCH3 is 2. The van der Waals surface area contributed by atoms with Crippen LogP contribution >= 0.6 is 11.6 Å². The first-order chi connectivity index (χ1) is 9.63. The summed E-state index contributed by atoms with van der Waals surface area (Å²) in [5.41, 5.74) is 2.93. The molecule has 2 rings (SSSR count). The second kappa shape index (κ2) is 6.48. The van der Waals surface area contributed by atoms with E-state index in [0.717, 1.165) is 28.4 Å². The molecule has 1 heterocycles. The summed E-state index contributed by atoms with van der Waals surface area (Å²) >= 11 is 5.84. The average molecular weight is 293 g/mol. The predicted molar refractivity (Wildman–Crippen MR) is 80.9 cm³/mol. The summed E-state index contributed by atoms with van der Waals surface area (Å²) in [5, 5.41) is 3.83. The Morgan fingerprint density at radius 2 is 1.85 bits per heavy atom. The van der Waals surface area contributed by atoms with E-state index >= 15 is 0 Å². The van der Waals surface area contributed by atoms with Gasteiger partial charge in [0.15, 0.2) is 11.5 Å². The Labute approximate surface area is 123 Å². The first-order valence-corrected chi connectivity index (χ1v) is 6.59. The molecule has 0 radical (unpaired) electrons. The van der Waals surface area contributed by atoms with Crippen LogP contribution in [0.1, 0.15) is 11.3 Å². The highest BCUT2D eigenvalue weighted by Gasteiger charge is 2.05. The van der Waals surface area contributed by atoms with Crippen molar-refractivity contribution in [1.82, 2.24) is 4.98 Å². The number of benzene rings is 1. The first-order valence-electron chi connectivity index (χ1n) is 6.22. The van der Waals surface area contributed by atoms with Gasteiger partial charge in [-0.15, -0.1) is 0 Å². The van der Waals surface area contributed by atoms with Gasteiger partial charge in [0.1, 0.15) is 5.15 Å².